The van der Waals surface area contributed by atoms with E-state index in [0.717, 1.165) is 71.1 Å². The first-order valence-electron chi connectivity index (χ1n) is 8.30. The molecular formula is C17H24ClN3O2. The molecule has 0 saturated carbocycles. The summed E-state index contributed by atoms with van der Waals surface area (Å²) in [4.78, 5) is 19.3. The third kappa shape index (κ3) is 4.67. The Morgan fingerprint density at radius 1 is 0.913 bits per heavy atom. The number of benzene rings is 1. The van der Waals surface area contributed by atoms with Crippen LogP contribution in [0.2, 0.25) is 5.02 Å². The summed E-state index contributed by atoms with van der Waals surface area (Å²) in [6.07, 6.45) is 0. The van der Waals surface area contributed by atoms with Crippen LogP contribution in [-0.4, -0.2) is 86.2 Å². The van der Waals surface area contributed by atoms with Crippen LogP contribution >= 0.6 is 11.6 Å². The maximum Gasteiger partial charge on any atom is 0.253 e. The van der Waals surface area contributed by atoms with Crippen LogP contribution in [-0.2, 0) is 4.74 Å². The molecule has 1 amide bonds. The van der Waals surface area contributed by atoms with Gasteiger partial charge < -0.3 is 9.64 Å². The first-order chi connectivity index (χ1) is 11.2. The lowest BCUT2D eigenvalue weighted by atomic mass is 10.2. The SMILES string of the molecule is O=C(c1ccc(Cl)cc1)N1CCN(CCN2CCOCC2)CC1. The first kappa shape index (κ1) is 16.7. The van der Waals surface area contributed by atoms with E-state index in [1.807, 2.05) is 4.90 Å². The topological polar surface area (TPSA) is 36.0 Å². The van der Waals surface area contributed by atoms with Gasteiger partial charge in [0.05, 0.1) is 13.2 Å². The molecule has 23 heavy (non-hydrogen) atoms. The normalized spacial score (nSPS) is 20.7. The molecule has 6 heteroatoms. The van der Waals surface area contributed by atoms with Gasteiger partial charge in [-0.05, 0) is 24.3 Å². The number of morpholine rings is 1. The Bertz CT molecular complexity index is 509. The van der Waals surface area contributed by atoms with E-state index >= 15 is 0 Å². The molecule has 2 fully saturated rings. The van der Waals surface area contributed by atoms with Gasteiger partial charge in [-0.1, -0.05) is 11.6 Å². The zero-order valence-corrected chi connectivity index (χ0v) is 14.2. The molecule has 3 rings (SSSR count). The zero-order chi connectivity index (χ0) is 16.1. The van der Waals surface area contributed by atoms with Crippen LogP contribution < -0.4 is 0 Å². The van der Waals surface area contributed by atoms with E-state index in [0.29, 0.717) is 5.02 Å². The summed E-state index contributed by atoms with van der Waals surface area (Å²) < 4.78 is 5.37. The lowest BCUT2D eigenvalue weighted by Crippen LogP contribution is -2.51. The average Bonchev–Trinajstić information content (AvgIpc) is 2.61. The number of ether oxygens (including phenoxy) is 1. The molecule has 126 valence electrons. The molecule has 1 aromatic rings. The Balaban J connectivity index is 1.42. The molecule has 0 unspecified atom stereocenters. The predicted octanol–water partition coefficient (Wildman–Crippen LogP) is 1.43. The van der Waals surface area contributed by atoms with Crippen LogP contribution in [0, 0.1) is 0 Å². The van der Waals surface area contributed by atoms with Gasteiger partial charge in [0.25, 0.3) is 5.91 Å². The number of piperazine rings is 1. The highest BCUT2D eigenvalue weighted by Gasteiger charge is 2.22. The van der Waals surface area contributed by atoms with Gasteiger partial charge in [-0.3, -0.25) is 14.6 Å². The minimum atomic E-state index is 0.106. The molecule has 0 bridgehead atoms. The van der Waals surface area contributed by atoms with Crippen molar-refractivity contribution in [2.75, 3.05) is 65.6 Å². The van der Waals surface area contributed by atoms with Crippen molar-refractivity contribution in [1.29, 1.82) is 0 Å². The highest BCUT2D eigenvalue weighted by atomic mass is 35.5. The van der Waals surface area contributed by atoms with Crippen molar-refractivity contribution in [2.24, 2.45) is 0 Å². The molecule has 0 radical (unpaired) electrons. The molecule has 5 nitrogen and oxygen atoms in total. The minimum absolute atomic E-state index is 0.106. The van der Waals surface area contributed by atoms with Crippen molar-refractivity contribution in [1.82, 2.24) is 14.7 Å². The molecule has 0 aromatic heterocycles. The highest BCUT2D eigenvalue weighted by molar-refractivity contribution is 6.30. The van der Waals surface area contributed by atoms with E-state index in [4.69, 9.17) is 16.3 Å². The largest absolute Gasteiger partial charge is 0.379 e. The Morgan fingerprint density at radius 3 is 2.09 bits per heavy atom. The number of hydrogen-bond donors (Lipinski definition) is 0. The number of nitrogens with zero attached hydrogens (tertiary/aromatic N) is 3. The Hall–Kier alpha value is -1.14. The summed E-state index contributed by atoms with van der Waals surface area (Å²) in [6.45, 7) is 9.43. The summed E-state index contributed by atoms with van der Waals surface area (Å²) in [7, 11) is 0. The van der Waals surface area contributed by atoms with Gasteiger partial charge in [0.15, 0.2) is 0 Å². The lowest BCUT2D eigenvalue weighted by Gasteiger charge is -2.36. The van der Waals surface area contributed by atoms with E-state index < -0.39 is 0 Å². The van der Waals surface area contributed by atoms with Gasteiger partial charge in [-0.15, -0.1) is 0 Å². The highest BCUT2D eigenvalue weighted by Crippen LogP contribution is 2.13. The van der Waals surface area contributed by atoms with Crippen LogP contribution in [0.5, 0.6) is 0 Å². The van der Waals surface area contributed by atoms with Crippen molar-refractivity contribution >= 4 is 17.5 Å². The zero-order valence-electron chi connectivity index (χ0n) is 13.4. The minimum Gasteiger partial charge on any atom is -0.379 e. The molecule has 0 atom stereocenters. The number of rotatable bonds is 4. The van der Waals surface area contributed by atoms with Gasteiger partial charge >= 0.3 is 0 Å². The molecule has 0 spiro atoms. The first-order valence-corrected chi connectivity index (χ1v) is 8.67. The van der Waals surface area contributed by atoms with Crippen LogP contribution in [0.25, 0.3) is 0 Å². The fraction of sp³-hybridized carbons (Fsp3) is 0.588. The quantitative estimate of drug-likeness (QED) is 0.833. The fourth-order valence-electron chi connectivity index (χ4n) is 3.06. The number of halogens is 1. The van der Waals surface area contributed by atoms with E-state index in [2.05, 4.69) is 9.80 Å². The maximum atomic E-state index is 12.5. The second kappa shape index (κ2) is 8.11. The summed E-state index contributed by atoms with van der Waals surface area (Å²) >= 11 is 5.88. The Kier molecular flexibility index (Phi) is 5.89. The van der Waals surface area contributed by atoms with Gasteiger partial charge in [0, 0.05) is 62.9 Å². The molecule has 2 heterocycles. The van der Waals surface area contributed by atoms with Crippen LogP contribution in [0.3, 0.4) is 0 Å². The van der Waals surface area contributed by atoms with E-state index in [-0.39, 0.29) is 5.91 Å². The van der Waals surface area contributed by atoms with Crippen LogP contribution in [0.4, 0.5) is 0 Å². The molecule has 2 saturated heterocycles. The van der Waals surface area contributed by atoms with Crippen LogP contribution in [0.1, 0.15) is 10.4 Å². The summed E-state index contributed by atoms with van der Waals surface area (Å²) in [5, 5.41) is 0.662. The maximum absolute atomic E-state index is 12.5. The monoisotopic (exact) mass is 337 g/mol. The Morgan fingerprint density at radius 2 is 1.48 bits per heavy atom. The summed E-state index contributed by atoms with van der Waals surface area (Å²) in [5.74, 6) is 0.106. The van der Waals surface area contributed by atoms with Crippen molar-refractivity contribution in [3.8, 4) is 0 Å². The molecule has 2 aliphatic heterocycles. The number of carbonyl (C=O) groups excluding carboxylic acids is 1. The third-order valence-corrected chi connectivity index (χ3v) is 4.84. The summed E-state index contributed by atoms with van der Waals surface area (Å²) in [6, 6.07) is 7.14. The standard InChI is InChI=1S/C17H24ClN3O2/c18-16-3-1-15(2-4-16)17(22)21-9-7-19(8-10-21)5-6-20-11-13-23-14-12-20/h1-4H,5-14H2. The smallest absolute Gasteiger partial charge is 0.253 e. The van der Waals surface area contributed by atoms with E-state index in [1.165, 1.54) is 0 Å². The van der Waals surface area contributed by atoms with Crippen molar-refractivity contribution in [3.63, 3.8) is 0 Å². The molecule has 1 aromatic carbocycles. The van der Waals surface area contributed by atoms with E-state index in [9.17, 15) is 4.79 Å². The van der Waals surface area contributed by atoms with Gasteiger partial charge in [0.1, 0.15) is 0 Å². The number of amides is 1. The van der Waals surface area contributed by atoms with Crippen molar-refractivity contribution in [2.45, 2.75) is 0 Å². The fourth-order valence-corrected chi connectivity index (χ4v) is 3.18. The predicted molar refractivity (Wildman–Crippen MR) is 91.1 cm³/mol. The van der Waals surface area contributed by atoms with Gasteiger partial charge in [-0.2, -0.15) is 0 Å². The Labute approximate surface area is 142 Å². The summed E-state index contributed by atoms with van der Waals surface area (Å²) in [5.41, 5.74) is 0.719. The second-order valence-corrected chi connectivity index (χ2v) is 6.53. The number of hydrogen-bond acceptors (Lipinski definition) is 4. The molecule has 0 aliphatic carbocycles. The molecule has 2 aliphatic rings. The van der Waals surface area contributed by atoms with Crippen molar-refractivity contribution in [3.05, 3.63) is 34.9 Å². The second-order valence-electron chi connectivity index (χ2n) is 6.09. The van der Waals surface area contributed by atoms with Crippen molar-refractivity contribution < 1.29 is 9.53 Å². The van der Waals surface area contributed by atoms with Gasteiger partial charge in [-0.25, -0.2) is 0 Å². The van der Waals surface area contributed by atoms with E-state index in [1.54, 1.807) is 24.3 Å². The number of carbonyl (C=O) groups is 1. The van der Waals surface area contributed by atoms with Gasteiger partial charge in [0.2, 0.25) is 0 Å². The third-order valence-electron chi connectivity index (χ3n) is 4.59. The molecular weight excluding hydrogens is 314 g/mol. The lowest BCUT2D eigenvalue weighted by molar-refractivity contribution is 0.0293. The molecule has 0 N–H and O–H groups in total. The van der Waals surface area contributed by atoms with Crippen LogP contribution in [0.15, 0.2) is 24.3 Å². The average molecular weight is 338 g/mol.